The fraction of sp³-hybridized carbons (Fsp3) is 0.0870. The molecule has 0 aliphatic heterocycles. The highest BCUT2D eigenvalue weighted by atomic mass is 14.6. The van der Waals surface area contributed by atoms with Gasteiger partial charge in [0.25, 0.3) is 0 Å². The van der Waals surface area contributed by atoms with Crippen molar-refractivity contribution in [1.82, 2.24) is 4.98 Å². The lowest BCUT2D eigenvalue weighted by Crippen LogP contribution is -1.89. The van der Waals surface area contributed by atoms with Gasteiger partial charge < -0.3 is 0 Å². The summed E-state index contributed by atoms with van der Waals surface area (Å²) >= 11 is 0. The van der Waals surface area contributed by atoms with Crippen LogP contribution in [0.5, 0.6) is 0 Å². The number of benzene rings is 2. The van der Waals surface area contributed by atoms with Crippen LogP contribution in [0.15, 0.2) is 85.6 Å². The zero-order valence-electron chi connectivity index (χ0n) is 14.2. The van der Waals surface area contributed by atoms with E-state index in [0.717, 1.165) is 10.9 Å². The molecule has 0 aliphatic rings. The molecule has 0 amide bonds. The highest BCUT2D eigenvalue weighted by Gasteiger charge is 2.07. The Kier molecular flexibility index (Phi) is 4.72. The minimum Gasteiger partial charge on any atom is -0.256 e. The molecule has 0 unspecified atom stereocenters. The summed E-state index contributed by atoms with van der Waals surface area (Å²) in [6.07, 6.45) is 7.75. The predicted molar refractivity (Wildman–Crippen MR) is 105 cm³/mol. The van der Waals surface area contributed by atoms with Gasteiger partial charge >= 0.3 is 0 Å². The van der Waals surface area contributed by atoms with E-state index >= 15 is 0 Å². The van der Waals surface area contributed by atoms with Gasteiger partial charge in [0.2, 0.25) is 0 Å². The van der Waals surface area contributed by atoms with E-state index in [9.17, 15) is 0 Å². The van der Waals surface area contributed by atoms with E-state index in [2.05, 4.69) is 80.0 Å². The monoisotopic (exact) mass is 311 g/mol. The Balaban J connectivity index is 2.19. The molecule has 2 aromatic carbocycles. The minimum atomic E-state index is 1.02. The molecule has 0 saturated carbocycles. The first-order valence-electron chi connectivity index (χ1n) is 8.11. The van der Waals surface area contributed by atoms with E-state index in [-0.39, 0.29) is 0 Å². The first-order chi connectivity index (χ1) is 11.7. The van der Waals surface area contributed by atoms with E-state index in [0.29, 0.717) is 0 Å². The van der Waals surface area contributed by atoms with E-state index in [1.807, 2.05) is 24.4 Å². The SMILES string of the molecule is C=C/C=C\C(=C(/C)c1cccc(C)c1)c1ccc2ncccc2c1. The number of allylic oxidation sites excluding steroid dienone is 5. The van der Waals surface area contributed by atoms with Crippen molar-refractivity contribution < 1.29 is 0 Å². The molecule has 1 heteroatoms. The number of nitrogens with zero attached hydrogens (tertiary/aromatic N) is 1. The lowest BCUT2D eigenvalue weighted by molar-refractivity contribution is 1.41. The summed E-state index contributed by atoms with van der Waals surface area (Å²) in [7, 11) is 0. The van der Waals surface area contributed by atoms with Gasteiger partial charge in [0.1, 0.15) is 0 Å². The zero-order valence-corrected chi connectivity index (χ0v) is 14.2. The van der Waals surface area contributed by atoms with Gasteiger partial charge in [-0.25, -0.2) is 0 Å². The molecule has 0 saturated heterocycles. The van der Waals surface area contributed by atoms with Gasteiger partial charge in [-0.3, -0.25) is 4.98 Å². The van der Waals surface area contributed by atoms with Gasteiger partial charge in [-0.2, -0.15) is 0 Å². The molecule has 3 aromatic rings. The second-order valence-electron chi connectivity index (χ2n) is 5.91. The van der Waals surface area contributed by atoms with Crippen LogP contribution in [-0.2, 0) is 0 Å². The van der Waals surface area contributed by atoms with Crippen LogP contribution < -0.4 is 0 Å². The number of aromatic nitrogens is 1. The van der Waals surface area contributed by atoms with Crippen molar-refractivity contribution >= 4 is 22.0 Å². The maximum absolute atomic E-state index is 4.41. The minimum absolute atomic E-state index is 1.02. The maximum atomic E-state index is 4.41. The first-order valence-corrected chi connectivity index (χ1v) is 8.11. The summed E-state index contributed by atoms with van der Waals surface area (Å²) in [4.78, 5) is 4.41. The van der Waals surface area contributed by atoms with Crippen molar-refractivity contribution in [2.24, 2.45) is 0 Å². The lowest BCUT2D eigenvalue weighted by atomic mass is 9.93. The van der Waals surface area contributed by atoms with Crippen LogP contribution in [0.3, 0.4) is 0 Å². The Morgan fingerprint density at radius 1 is 1.00 bits per heavy atom. The normalized spacial score (nSPS) is 12.4. The highest BCUT2D eigenvalue weighted by Crippen LogP contribution is 2.29. The largest absolute Gasteiger partial charge is 0.256 e. The fourth-order valence-electron chi connectivity index (χ4n) is 2.88. The molecule has 0 radical (unpaired) electrons. The Hall–Kier alpha value is -2.93. The Bertz CT molecular complexity index is 945. The molecule has 0 fully saturated rings. The zero-order chi connectivity index (χ0) is 16.9. The molecule has 0 N–H and O–H groups in total. The highest BCUT2D eigenvalue weighted by molar-refractivity contribution is 5.97. The summed E-state index contributed by atoms with van der Waals surface area (Å²) in [6.45, 7) is 8.10. The molecule has 1 nitrogen and oxygen atoms in total. The van der Waals surface area contributed by atoms with Gasteiger partial charge in [0, 0.05) is 11.6 Å². The molecule has 1 aromatic heterocycles. The Labute approximate surface area is 143 Å². The van der Waals surface area contributed by atoms with Crippen molar-refractivity contribution in [1.29, 1.82) is 0 Å². The van der Waals surface area contributed by atoms with Crippen LogP contribution in [0.4, 0.5) is 0 Å². The van der Waals surface area contributed by atoms with Gasteiger partial charge in [-0.1, -0.05) is 66.8 Å². The smallest absolute Gasteiger partial charge is 0.0702 e. The van der Waals surface area contributed by atoms with Crippen LogP contribution in [0, 0.1) is 6.92 Å². The molecule has 0 aliphatic carbocycles. The lowest BCUT2D eigenvalue weighted by Gasteiger charge is -2.11. The van der Waals surface area contributed by atoms with Crippen molar-refractivity contribution in [2.75, 3.05) is 0 Å². The Morgan fingerprint density at radius 3 is 2.67 bits per heavy atom. The van der Waals surface area contributed by atoms with Crippen LogP contribution in [0.1, 0.15) is 23.6 Å². The van der Waals surface area contributed by atoms with Crippen LogP contribution >= 0.6 is 0 Å². The van der Waals surface area contributed by atoms with Crippen molar-refractivity contribution in [3.8, 4) is 0 Å². The van der Waals surface area contributed by atoms with Crippen molar-refractivity contribution in [2.45, 2.75) is 13.8 Å². The van der Waals surface area contributed by atoms with Crippen molar-refractivity contribution in [3.05, 3.63) is 102 Å². The molecule has 3 rings (SSSR count). The molecule has 0 spiro atoms. The quantitative estimate of drug-likeness (QED) is 0.412. The summed E-state index contributed by atoms with van der Waals surface area (Å²) in [5, 5.41) is 1.15. The Morgan fingerprint density at radius 2 is 1.88 bits per heavy atom. The van der Waals surface area contributed by atoms with Gasteiger partial charge in [0.15, 0.2) is 0 Å². The molecule has 118 valence electrons. The topological polar surface area (TPSA) is 12.9 Å². The first kappa shape index (κ1) is 15.9. The maximum Gasteiger partial charge on any atom is 0.0702 e. The van der Waals surface area contributed by atoms with E-state index < -0.39 is 0 Å². The van der Waals surface area contributed by atoms with Gasteiger partial charge in [-0.15, -0.1) is 0 Å². The second-order valence-corrected chi connectivity index (χ2v) is 5.91. The third-order valence-corrected chi connectivity index (χ3v) is 4.17. The standard InChI is InChI=1S/C23H21N/c1-4-5-11-22(18(3)19-9-6-8-17(2)15-19)20-12-13-23-21(16-20)10-7-14-24-23/h4-16H,1H2,2-3H3/b11-5-,22-18-. The summed E-state index contributed by atoms with van der Waals surface area (Å²) in [5.41, 5.74) is 7.16. The number of fused-ring (bicyclic) bond motifs is 1. The molecule has 24 heavy (non-hydrogen) atoms. The number of rotatable bonds is 4. The third kappa shape index (κ3) is 3.36. The number of aryl methyl sites for hydroxylation is 1. The average Bonchev–Trinajstić information content (AvgIpc) is 2.61. The van der Waals surface area contributed by atoms with Gasteiger partial charge in [-0.05, 0) is 54.3 Å². The van der Waals surface area contributed by atoms with E-state index in [4.69, 9.17) is 0 Å². The van der Waals surface area contributed by atoms with Crippen molar-refractivity contribution in [3.63, 3.8) is 0 Å². The van der Waals surface area contributed by atoms with Crippen LogP contribution in [0.25, 0.3) is 22.0 Å². The van der Waals surface area contributed by atoms with Crippen LogP contribution in [0.2, 0.25) is 0 Å². The molecular weight excluding hydrogens is 290 g/mol. The fourth-order valence-corrected chi connectivity index (χ4v) is 2.88. The predicted octanol–water partition coefficient (Wildman–Crippen LogP) is 6.22. The van der Waals surface area contributed by atoms with Crippen LogP contribution in [-0.4, -0.2) is 4.98 Å². The van der Waals surface area contributed by atoms with Gasteiger partial charge in [0.05, 0.1) is 5.52 Å². The summed E-state index contributed by atoms with van der Waals surface area (Å²) in [6, 6.07) is 19.1. The number of hydrogen-bond donors (Lipinski definition) is 0. The average molecular weight is 311 g/mol. The number of pyridine rings is 1. The molecular formula is C23H21N. The summed E-state index contributed by atoms with van der Waals surface area (Å²) < 4.78 is 0. The number of hydrogen-bond acceptors (Lipinski definition) is 1. The van der Waals surface area contributed by atoms with E-state index in [1.54, 1.807) is 0 Å². The molecule has 0 bridgehead atoms. The second kappa shape index (κ2) is 7.10. The summed E-state index contributed by atoms with van der Waals surface area (Å²) in [5.74, 6) is 0. The molecule has 1 heterocycles. The third-order valence-electron chi connectivity index (χ3n) is 4.17. The molecule has 0 atom stereocenters. The van der Waals surface area contributed by atoms with E-state index in [1.165, 1.54) is 27.8 Å².